The van der Waals surface area contributed by atoms with Crippen molar-refractivity contribution in [2.75, 3.05) is 5.32 Å². The average Bonchev–Trinajstić information content (AvgIpc) is 2.55. The number of hydrazone groups is 1. The predicted molar refractivity (Wildman–Crippen MR) is 101 cm³/mol. The van der Waals surface area contributed by atoms with E-state index < -0.39 is 6.04 Å². The highest BCUT2D eigenvalue weighted by atomic mass is 35.5. The summed E-state index contributed by atoms with van der Waals surface area (Å²) in [5.74, 6) is 0.277. The SMILES string of the molecule is CC(Nc1cccc(Cl)c1)C(=O)N/N=C/c1ccc(C(C)C)cc1. The van der Waals surface area contributed by atoms with Crippen LogP contribution >= 0.6 is 11.6 Å². The van der Waals surface area contributed by atoms with Crippen molar-refractivity contribution >= 4 is 29.4 Å². The lowest BCUT2D eigenvalue weighted by Gasteiger charge is -2.13. The molecule has 0 radical (unpaired) electrons. The Morgan fingerprint density at radius 1 is 1.12 bits per heavy atom. The van der Waals surface area contributed by atoms with Gasteiger partial charge in [0.15, 0.2) is 0 Å². The van der Waals surface area contributed by atoms with Gasteiger partial charge in [-0.15, -0.1) is 0 Å². The summed E-state index contributed by atoms with van der Waals surface area (Å²) < 4.78 is 0. The van der Waals surface area contributed by atoms with Gasteiger partial charge in [0.1, 0.15) is 6.04 Å². The summed E-state index contributed by atoms with van der Waals surface area (Å²) in [4.78, 5) is 12.0. The number of halogens is 1. The van der Waals surface area contributed by atoms with Gasteiger partial charge >= 0.3 is 0 Å². The van der Waals surface area contributed by atoms with E-state index in [1.165, 1.54) is 5.56 Å². The van der Waals surface area contributed by atoms with Crippen LogP contribution in [0.3, 0.4) is 0 Å². The van der Waals surface area contributed by atoms with Gasteiger partial charge in [0.25, 0.3) is 5.91 Å². The van der Waals surface area contributed by atoms with E-state index in [9.17, 15) is 4.79 Å². The third-order valence-corrected chi connectivity index (χ3v) is 3.83. The monoisotopic (exact) mass is 343 g/mol. The van der Waals surface area contributed by atoms with E-state index in [1.807, 2.05) is 24.3 Å². The zero-order valence-corrected chi connectivity index (χ0v) is 14.8. The molecule has 0 bridgehead atoms. The van der Waals surface area contributed by atoms with E-state index in [2.05, 4.69) is 41.8 Å². The van der Waals surface area contributed by atoms with Crippen molar-refractivity contribution in [1.29, 1.82) is 0 Å². The first-order chi connectivity index (χ1) is 11.5. The molecule has 0 aliphatic rings. The summed E-state index contributed by atoms with van der Waals surface area (Å²) in [5.41, 5.74) is 5.54. The van der Waals surface area contributed by atoms with Crippen LogP contribution in [0.5, 0.6) is 0 Å². The van der Waals surface area contributed by atoms with Crippen molar-refractivity contribution in [3.05, 3.63) is 64.7 Å². The molecule has 1 amide bonds. The van der Waals surface area contributed by atoms with Gasteiger partial charge in [0, 0.05) is 10.7 Å². The molecule has 1 atom stereocenters. The zero-order chi connectivity index (χ0) is 17.5. The van der Waals surface area contributed by atoms with Gasteiger partial charge in [-0.25, -0.2) is 5.43 Å². The Morgan fingerprint density at radius 3 is 2.46 bits per heavy atom. The van der Waals surface area contributed by atoms with Crippen LogP contribution in [-0.2, 0) is 4.79 Å². The molecule has 0 spiro atoms. The highest BCUT2D eigenvalue weighted by molar-refractivity contribution is 6.30. The maximum atomic E-state index is 12.0. The first-order valence-electron chi connectivity index (χ1n) is 7.90. The van der Waals surface area contributed by atoms with Crippen LogP contribution in [0.15, 0.2) is 53.6 Å². The van der Waals surface area contributed by atoms with E-state index in [-0.39, 0.29) is 5.91 Å². The largest absolute Gasteiger partial charge is 0.374 e. The summed E-state index contributed by atoms with van der Waals surface area (Å²) >= 11 is 5.93. The summed E-state index contributed by atoms with van der Waals surface area (Å²) in [7, 11) is 0. The molecule has 126 valence electrons. The molecule has 24 heavy (non-hydrogen) atoms. The predicted octanol–water partition coefficient (Wildman–Crippen LogP) is 4.41. The molecule has 0 aromatic heterocycles. The van der Waals surface area contributed by atoms with Gasteiger partial charge in [0.05, 0.1) is 6.21 Å². The van der Waals surface area contributed by atoms with E-state index in [1.54, 1.807) is 25.3 Å². The van der Waals surface area contributed by atoms with Crippen LogP contribution in [0.1, 0.15) is 37.8 Å². The number of benzene rings is 2. The Kier molecular flexibility index (Phi) is 6.38. The van der Waals surface area contributed by atoms with Crippen molar-refractivity contribution in [3.63, 3.8) is 0 Å². The van der Waals surface area contributed by atoms with Crippen LogP contribution < -0.4 is 10.7 Å². The number of nitrogens with one attached hydrogen (secondary N) is 2. The van der Waals surface area contributed by atoms with E-state index in [4.69, 9.17) is 11.6 Å². The lowest BCUT2D eigenvalue weighted by atomic mass is 10.0. The van der Waals surface area contributed by atoms with Crippen LogP contribution in [0.4, 0.5) is 5.69 Å². The Bertz CT molecular complexity index is 711. The number of carbonyl (C=O) groups is 1. The lowest BCUT2D eigenvalue weighted by Crippen LogP contribution is -2.34. The van der Waals surface area contributed by atoms with Crippen molar-refractivity contribution in [3.8, 4) is 0 Å². The second-order valence-corrected chi connectivity index (χ2v) is 6.37. The molecular weight excluding hydrogens is 322 g/mol. The first kappa shape index (κ1) is 18.0. The molecule has 1 unspecified atom stereocenters. The van der Waals surface area contributed by atoms with Crippen LogP contribution in [-0.4, -0.2) is 18.2 Å². The van der Waals surface area contributed by atoms with E-state index in [0.29, 0.717) is 10.9 Å². The molecular formula is C19H22ClN3O. The standard InChI is InChI=1S/C19H22ClN3O/c1-13(2)16-9-7-15(8-10-16)12-21-23-19(24)14(3)22-18-6-4-5-17(20)11-18/h4-14,22H,1-3H3,(H,23,24)/b21-12+. The fraction of sp³-hybridized carbons (Fsp3) is 0.263. The van der Waals surface area contributed by atoms with Gasteiger partial charge < -0.3 is 5.32 Å². The maximum Gasteiger partial charge on any atom is 0.262 e. The molecule has 0 aliphatic carbocycles. The lowest BCUT2D eigenvalue weighted by molar-refractivity contribution is -0.121. The van der Waals surface area contributed by atoms with Crippen LogP contribution in [0.25, 0.3) is 0 Å². The minimum Gasteiger partial charge on any atom is -0.374 e. The number of nitrogens with zero attached hydrogens (tertiary/aromatic N) is 1. The second-order valence-electron chi connectivity index (χ2n) is 5.93. The number of rotatable bonds is 6. The Hall–Kier alpha value is -2.33. The molecule has 2 aromatic rings. The van der Waals surface area contributed by atoms with Crippen molar-refractivity contribution < 1.29 is 4.79 Å². The molecule has 2 aromatic carbocycles. The highest BCUT2D eigenvalue weighted by Crippen LogP contribution is 2.16. The second kappa shape index (κ2) is 8.50. The molecule has 2 N–H and O–H groups in total. The maximum absolute atomic E-state index is 12.0. The molecule has 2 rings (SSSR count). The number of hydrogen-bond donors (Lipinski definition) is 2. The van der Waals surface area contributed by atoms with Crippen molar-refractivity contribution in [1.82, 2.24) is 5.43 Å². The summed E-state index contributed by atoms with van der Waals surface area (Å²) in [6.07, 6.45) is 1.63. The molecule has 5 heteroatoms. The van der Waals surface area contributed by atoms with Crippen molar-refractivity contribution in [2.24, 2.45) is 5.10 Å². The van der Waals surface area contributed by atoms with Gasteiger partial charge in [0.2, 0.25) is 0 Å². The Labute approximate surface area is 147 Å². The van der Waals surface area contributed by atoms with Gasteiger partial charge in [-0.2, -0.15) is 5.10 Å². The molecule has 0 saturated carbocycles. The normalized spacial score (nSPS) is 12.4. The number of carbonyl (C=O) groups excluding carboxylic acids is 1. The van der Waals surface area contributed by atoms with E-state index >= 15 is 0 Å². The zero-order valence-electron chi connectivity index (χ0n) is 14.1. The van der Waals surface area contributed by atoms with E-state index in [0.717, 1.165) is 11.3 Å². The summed E-state index contributed by atoms with van der Waals surface area (Å²) in [5, 5.41) is 7.71. The molecule has 0 heterocycles. The molecule has 4 nitrogen and oxygen atoms in total. The molecule has 0 fully saturated rings. The third kappa shape index (κ3) is 5.39. The van der Waals surface area contributed by atoms with Crippen LogP contribution in [0, 0.1) is 0 Å². The molecule has 0 saturated heterocycles. The number of anilines is 1. The number of hydrogen-bond acceptors (Lipinski definition) is 3. The topological polar surface area (TPSA) is 53.5 Å². The van der Waals surface area contributed by atoms with Gasteiger partial charge in [-0.1, -0.05) is 55.8 Å². The third-order valence-electron chi connectivity index (χ3n) is 3.59. The summed E-state index contributed by atoms with van der Waals surface area (Å²) in [6, 6.07) is 14.9. The van der Waals surface area contributed by atoms with Gasteiger partial charge in [-0.3, -0.25) is 4.79 Å². The van der Waals surface area contributed by atoms with Crippen molar-refractivity contribution in [2.45, 2.75) is 32.7 Å². The number of amides is 1. The first-order valence-corrected chi connectivity index (χ1v) is 8.28. The highest BCUT2D eigenvalue weighted by Gasteiger charge is 2.11. The van der Waals surface area contributed by atoms with Crippen LogP contribution in [0.2, 0.25) is 5.02 Å². The van der Waals surface area contributed by atoms with Gasteiger partial charge in [-0.05, 0) is 42.2 Å². The quantitative estimate of drug-likeness (QED) is 0.602. The Morgan fingerprint density at radius 2 is 1.83 bits per heavy atom. The minimum absolute atomic E-state index is 0.218. The fourth-order valence-corrected chi connectivity index (χ4v) is 2.32. The average molecular weight is 344 g/mol. The summed E-state index contributed by atoms with van der Waals surface area (Å²) in [6.45, 7) is 6.07. The Balaban J connectivity index is 1.87. The smallest absolute Gasteiger partial charge is 0.262 e. The fourth-order valence-electron chi connectivity index (χ4n) is 2.13. The molecule has 0 aliphatic heterocycles. The minimum atomic E-state index is -0.427.